The van der Waals surface area contributed by atoms with E-state index in [1.165, 1.54) is 4.90 Å². The molecule has 0 atom stereocenters. The summed E-state index contributed by atoms with van der Waals surface area (Å²) < 4.78 is 0. The van der Waals surface area contributed by atoms with Crippen LogP contribution < -0.4 is 4.90 Å². The van der Waals surface area contributed by atoms with E-state index < -0.39 is 0 Å². The number of aromatic amines is 1. The lowest BCUT2D eigenvalue weighted by atomic mass is 10.2. The van der Waals surface area contributed by atoms with Crippen molar-refractivity contribution in [3.63, 3.8) is 0 Å². The van der Waals surface area contributed by atoms with Gasteiger partial charge in [-0.05, 0) is 13.0 Å². The number of aromatic nitrogens is 1. The van der Waals surface area contributed by atoms with Crippen molar-refractivity contribution in [2.75, 3.05) is 11.9 Å². The van der Waals surface area contributed by atoms with Gasteiger partial charge in [-0.2, -0.15) is 0 Å². The number of nitrogens with one attached hydrogen (secondary N) is 1. The molecule has 1 N–H and O–H groups in total. The van der Waals surface area contributed by atoms with E-state index >= 15 is 0 Å². The zero-order valence-corrected chi connectivity index (χ0v) is 9.51. The summed E-state index contributed by atoms with van der Waals surface area (Å²) in [6.45, 7) is 1.95. The van der Waals surface area contributed by atoms with Crippen LogP contribution >= 0.6 is 12.6 Å². The van der Waals surface area contributed by atoms with Crippen LogP contribution in [0.4, 0.5) is 10.5 Å². The number of carbonyl (C=O) groups is 1. The molecule has 15 heavy (non-hydrogen) atoms. The van der Waals surface area contributed by atoms with Crippen LogP contribution in [0.3, 0.4) is 0 Å². The van der Waals surface area contributed by atoms with Crippen molar-refractivity contribution in [3.8, 4) is 0 Å². The van der Waals surface area contributed by atoms with Gasteiger partial charge in [0.1, 0.15) is 0 Å². The standard InChI is InChI=1S/C11H12N2OS/c1-7-10(13(2)11(14)15)8-5-3-4-6-9(8)12-7/h3-6,12H,1-2H3,(H,14,15). The first-order valence-corrected chi connectivity index (χ1v) is 5.10. The quantitative estimate of drug-likeness (QED) is 0.712. The van der Waals surface area contributed by atoms with Gasteiger partial charge in [0.15, 0.2) is 0 Å². The first kappa shape index (κ1) is 10.1. The zero-order valence-electron chi connectivity index (χ0n) is 8.61. The molecule has 1 aromatic heterocycles. The molecule has 1 aromatic carbocycles. The van der Waals surface area contributed by atoms with Gasteiger partial charge >= 0.3 is 0 Å². The topological polar surface area (TPSA) is 36.1 Å². The molecule has 0 saturated heterocycles. The molecule has 0 unspecified atom stereocenters. The Morgan fingerprint density at radius 2 is 2.07 bits per heavy atom. The molecule has 3 nitrogen and oxygen atoms in total. The molecule has 78 valence electrons. The molecule has 0 saturated carbocycles. The third-order valence-electron chi connectivity index (χ3n) is 2.48. The van der Waals surface area contributed by atoms with Crippen LogP contribution in [-0.2, 0) is 0 Å². The van der Waals surface area contributed by atoms with Gasteiger partial charge in [0, 0.05) is 23.6 Å². The highest BCUT2D eigenvalue weighted by Gasteiger charge is 2.14. The number of hydrogen-bond acceptors (Lipinski definition) is 1. The van der Waals surface area contributed by atoms with E-state index in [4.69, 9.17) is 0 Å². The van der Waals surface area contributed by atoms with Crippen molar-refractivity contribution < 1.29 is 4.79 Å². The van der Waals surface area contributed by atoms with Crippen molar-refractivity contribution in [1.82, 2.24) is 4.98 Å². The predicted octanol–water partition coefficient (Wildman–Crippen LogP) is 2.96. The SMILES string of the molecule is Cc1[nH]c2ccccc2c1N(C)C(=O)S. The fourth-order valence-corrected chi connectivity index (χ4v) is 1.89. The first-order valence-electron chi connectivity index (χ1n) is 4.65. The molecule has 1 heterocycles. The van der Waals surface area contributed by atoms with E-state index in [2.05, 4.69) is 17.6 Å². The number of benzene rings is 1. The normalized spacial score (nSPS) is 10.6. The number of nitrogens with zero attached hydrogens (tertiary/aromatic N) is 1. The number of thiol groups is 1. The second kappa shape index (κ2) is 3.62. The highest BCUT2D eigenvalue weighted by Crippen LogP contribution is 2.30. The van der Waals surface area contributed by atoms with E-state index in [9.17, 15) is 4.79 Å². The summed E-state index contributed by atoms with van der Waals surface area (Å²) in [4.78, 5) is 16.0. The van der Waals surface area contributed by atoms with Crippen LogP contribution in [0.15, 0.2) is 24.3 Å². The molecule has 0 radical (unpaired) electrons. The van der Waals surface area contributed by atoms with E-state index in [0.717, 1.165) is 22.3 Å². The average Bonchev–Trinajstić information content (AvgIpc) is 2.52. The number of rotatable bonds is 1. The second-order valence-electron chi connectivity index (χ2n) is 3.49. The fraction of sp³-hybridized carbons (Fsp3) is 0.182. The number of aryl methyl sites for hydroxylation is 1. The monoisotopic (exact) mass is 220 g/mol. The van der Waals surface area contributed by atoms with E-state index in [1.54, 1.807) is 7.05 Å². The molecule has 0 aliphatic heterocycles. The summed E-state index contributed by atoms with van der Waals surface area (Å²) in [6, 6.07) is 7.89. The Labute approximate surface area is 93.5 Å². The van der Waals surface area contributed by atoms with Gasteiger partial charge in [0.25, 0.3) is 5.24 Å². The maximum Gasteiger partial charge on any atom is 0.282 e. The summed E-state index contributed by atoms with van der Waals surface area (Å²) in [6.07, 6.45) is 0. The zero-order chi connectivity index (χ0) is 11.0. The molecule has 0 aliphatic rings. The predicted molar refractivity (Wildman–Crippen MR) is 65.8 cm³/mol. The highest BCUT2D eigenvalue weighted by atomic mass is 32.1. The highest BCUT2D eigenvalue weighted by molar-refractivity contribution is 7.96. The summed E-state index contributed by atoms with van der Waals surface area (Å²) in [5.74, 6) is 0. The maximum absolute atomic E-state index is 11.2. The minimum absolute atomic E-state index is 0.261. The average molecular weight is 220 g/mol. The Hall–Kier alpha value is -1.42. The van der Waals surface area contributed by atoms with Gasteiger partial charge in [-0.25, -0.2) is 0 Å². The maximum atomic E-state index is 11.2. The van der Waals surface area contributed by atoms with Crippen molar-refractivity contribution in [3.05, 3.63) is 30.0 Å². The Kier molecular flexibility index (Phi) is 2.44. The molecule has 0 fully saturated rings. The van der Waals surface area contributed by atoms with Gasteiger partial charge in [-0.15, -0.1) is 0 Å². The molecule has 2 aromatic rings. The number of amides is 1. The largest absolute Gasteiger partial charge is 0.357 e. The van der Waals surface area contributed by atoms with Crippen LogP contribution in [0.2, 0.25) is 0 Å². The Balaban J connectivity index is 2.68. The minimum Gasteiger partial charge on any atom is -0.357 e. The molecule has 0 bridgehead atoms. The lowest BCUT2D eigenvalue weighted by Gasteiger charge is -2.14. The summed E-state index contributed by atoms with van der Waals surface area (Å²) in [7, 11) is 1.72. The van der Waals surface area contributed by atoms with Crippen LogP contribution in [-0.4, -0.2) is 17.3 Å². The molecule has 4 heteroatoms. The number of carbonyl (C=O) groups excluding carboxylic acids is 1. The number of hydrogen-bond donors (Lipinski definition) is 2. The summed E-state index contributed by atoms with van der Waals surface area (Å²) in [5.41, 5.74) is 2.90. The molecule has 0 spiro atoms. The van der Waals surface area contributed by atoms with Crippen LogP contribution in [0.5, 0.6) is 0 Å². The summed E-state index contributed by atoms with van der Waals surface area (Å²) in [5, 5.41) is 0.780. The smallest absolute Gasteiger partial charge is 0.282 e. The molecule has 0 aliphatic carbocycles. The number of anilines is 1. The first-order chi connectivity index (χ1) is 7.11. The lowest BCUT2D eigenvalue weighted by Crippen LogP contribution is -2.20. The third kappa shape index (κ3) is 1.61. The minimum atomic E-state index is -0.261. The molecule has 2 rings (SSSR count). The number of para-hydroxylation sites is 1. The van der Waals surface area contributed by atoms with Gasteiger partial charge in [0.2, 0.25) is 0 Å². The van der Waals surface area contributed by atoms with Crippen LogP contribution in [0, 0.1) is 6.92 Å². The van der Waals surface area contributed by atoms with Gasteiger partial charge < -0.3 is 9.88 Å². The van der Waals surface area contributed by atoms with Crippen molar-refractivity contribution in [1.29, 1.82) is 0 Å². The second-order valence-corrected chi connectivity index (χ2v) is 3.87. The summed E-state index contributed by atoms with van der Waals surface area (Å²) >= 11 is 3.83. The molecular formula is C11H12N2OS. The van der Waals surface area contributed by atoms with E-state index in [-0.39, 0.29) is 5.24 Å². The van der Waals surface area contributed by atoms with Crippen molar-refractivity contribution in [2.45, 2.75) is 6.92 Å². The van der Waals surface area contributed by atoms with Crippen molar-refractivity contribution >= 4 is 34.5 Å². The molecular weight excluding hydrogens is 208 g/mol. The Morgan fingerprint density at radius 1 is 1.40 bits per heavy atom. The third-order valence-corrected chi connectivity index (χ3v) is 2.78. The fourth-order valence-electron chi connectivity index (χ4n) is 1.79. The lowest BCUT2D eigenvalue weighted by molar-refractivity contribution is 0.266. The van der Waals surface area contributed by atoms with Gasteiger partial charge in [0.05, 0.1) is 5.69 Å². The van der Waals surface area contributed by atoms with E-state index in [1.807, 2.05) is 31.2 Å². The number of H-pyrrole nitrogens is 1. The number of fused-ring (bicyclic) bond motifs is 1. The Morgan fingerprint density at radius 3 is 2.73 bits per heavy atom. The van der Waals surface area contributed by atoms with E-state index in [0.29, 0.717) is 0 Å². The van der Waals surface area contributed by atoms with Crippen LogP contribution in [0.25, 0.3) is 10.9 Å². The van der Waals surface area contributed by atoms with Gasteiger partial charge in [-0.3, -0.25) is 4.79 Å². The van der Waals surface area contributed by atoms with Crippen molar-refractivity contribution in [2.24, 2.45) is 0 Å². The van der Waals surface area contributed by atoms with Gasteiger partial charge in [-0.1, -0.05) is 30.8 Å². The van der Waals surface area contributed by atoms with Crippen LogP contribution in [0.1, 0.15) is 5.69 Å². The molecule has 1 amide bonds. The Bertz CT molecular complexity index is 518.